The number of carboxylic acids is 1. The first-order valence-corrected chi connectivity index (χ1v) is 7.60. The standard InChI is InChI=1S/C14H25N3O3/c18-13(10-17-7-2-5-15-6-8-17)16-12-4-1-3-11(9-12)14(19)20/h11-12,15H,1-10H2,(H,16,18)(H,19,20). The van der Waals surface area contributed by atoms with Crippen molar-refractivity contribution in [3.63, 3.8) is 0 Å². The molecule has 2 rings (SSSR count). The van der Waals surface area contributed by atoms with Gasteiger partial charge in [0.05, 0.1) is 12.5 Å². The molecule has 0 bridgehead atoms. The average Bonchev–Trinajstić information content (AvgIpc) is 2.67. The molecule has 114 valence electrons. The summed E-state index contributed by atoms with van der Waals surface area (Å²) >= 11 is 0. The van der Waals surface area contributed by atoms with Gasteiger partial charge < -0.3 is 15.7 Å². The largest absolute Gasteiger partial charge is 0.481 e. The summed E-state index contributed by atoms with van der Waals surface area (Å²) in [6.07, 6.45) is 4.16. The second kappa shape index (κ2) is 7.59. The molecule has 1 aliphatic carbocycles. The third-order valence-electron chi connectivity index (χ3n) is 4.19. The number of carboxylic acid groups (broad SMARTS) is 1. The van der Waals surface area contributed by atoms with Gasteiger partial charge in [0, 0.05) is 19.1 Å². The molecule has 1 saturated heterocycles. The highest BCUT2D eigenvalue weighted by atomic mass is 16.4. The predicted octanol–water partition coefficient (Wildman–Crippen LogP) is 0.0413. The Morgan fingerprint density at radius 3 is 2.85 bits per heavy atom. The highest BCUT2D eigenvalue weighted by molar-refractivity contribution is 5.78. The predicted molar refractivity (Wildman–Crippen MR) is 75.5 cm³/mol. The Hall–Kier alpha value is -1.14. The number of carbonyl (C=O) groups is 2. The summed E-state index contributed by atoms with van der Waals surface area (Å²) in [6, 6.07) is 0.0300. The molecule has 1 amide bonds. The summed E-state index contributed by atoms with van der Waals surface area (Å²) in [6.45, 7) is 4.22. The van der Waals surface area contributed by atoms with Crippen molar-refractivity contribution in [2.75, 3.05) is 32.7 Å². The maximum absolute atomic E-state index is 12.0. The van der Waals surface area contributed by atoms with E-state index in [1.165, 1.54) is 0 Å². The molecule has 1 aliphatic heterocycles. The van der Waals surface area contributed by atoms with Gasteiger partial charge in [-0.05, 0) is 38.8 Å². The van der Waals surface area contributed by atoms with Gasteiger partial charge in [-0.1, -0.05) is 6.42 Å². The van der Waals surface area contributed by atoms with Crippen LogP contribution in [-0.4, -0.2) is 60.6 Å². The van der Waals surface area contributed by atoms with E-state index in [4.69, 9.17) is 5.11 Å². The van der Waals surface area contributed by atoms with E-state index in [1.54, 1.807) is 0 Å². The monoisotopic (exact) mass is 283 g/mol. The smallest absolute Gasteiger partial charge is 0.306 e. The molecule has 20 heavy (non-hydrogen) atoms. The highest BCUT2D eigenvalue weighted by Gasteiger charge is 2.28. The molecular weight excluding hydrogens is 258 g/mol. The zero-order valence-corrected chi connectivity index (χ0v) is 11.9. The van der Waals surface area contributed by atoms with E-state index in [0.717, 1.165) is 51.9 Å². The molecule has 3 N–H and O–H groups in total. The summed E-state index contributed by atoms with van der Waals surface area (Å²) in [7, 11) is 0. The van der Waals surface area contributed by atoms with Gasteiger partial charge in [0.1, 0.15) is 0 Å². The number of rotatable bonds is 4. The second-order valence-corrected chi connectivity index (χ2v) is 5.85. The highest BCUT2D eigenvalue weighted by Crippen LogP contribution is 2.24. The Kier molecular flexibility index (Phi) is 5.79. The fourth-order valence-corrected chi connectivity index (χ4v) is 3.08. The normalized spacial score (nSPS) is 28.6. The van der Waals surface area contributed by atoms with Crippen molar-refractivity contribution in [1.82, 2.24) is 15.5 Å². The molecule has 2 unspecified atom stereocenters. The van der Waals surface area contributed by atoms with Crippen LogP contribution in [0.1, 0.15) is 32.1 Å². The van der Waals surface area contributed by atoms with Crippen LogP contribution < -0.4 is 10.6 Å². The van der Waals surface area contributed by atoms with Gasteiger partial charge in [0.15, 0.2) is 0 Å². The lowest BCUT2D eigenvalue weighted by Gasteiger charge is -2.28. The Bertz CT molecular complexity index is 341. The zero-order valence-electron chi connectivity index (χ0n) is 11.9. The van der Waals surface area contributed by atoms with Crippen molar-refractivity contribution in [1.29, 1.82) is 0 Å². The number of aliphatic carboxylic acids is 1. The van der Waals surface area contributed by atoms with Crippen LogP contribution in [0.25, 0.3) is 0 Å². The first-order valence-electron chi connectivity index (χ1n) is 7.60. The van der Waals surface area contributed by atoms with E-state index in [0.29, 0.717) is 13.0 Å². The van der Waals surface area contributed by atoms with E-state index in [1.807, 2.05) is 0 Å². The summed E-state index contributed by atoms with van der Waals surface area (Å²) in [5, 5.41) is 15.4. The zero-order chi connectivity index (χ0) is 14.4. The summed E-state index contributed by atoms with van der Waals surface area (Å²) in [4.78, 5) is 25.2. The fourth-order valence-electron chi connectivity index (χ4n) is 3.08. The lowest BCUT2D eigenvalue weighted by Crippen LogP contribution is -2.45. The van der Waals surface area contributed by atoms with Crippen LogP contribution >= 0.6 is 0 Å². The first-order chi connectivity index (χ1) is 9.65. The fraction of sp³-hybridized carbons (Fsp3) is 0.857. The number of amides is 1. The number of hydrogen-bond donors (Lipinski definition) is 3. The van der Waals surface area contributed by atoms with Crippen LogP contribution in [-0.2, 0) is 9.59 Å². The van der Waals surface area contributed by atoms with Gasteiger partial charge in [0.2, 0.25) is 5.91 Å². The maximum atomic E-state index is 12.0. The average molecular weight is 283 g/mol. The second-order valence-electron chi connectivity index (χ2n) is 5.85. The van der Waals surface area contributed by atoms with Crippen LogP contribution in [0, 0.1) is 5.92 Å². The Morgan fingerprint density at radius 2 is 2.05 bits per heavy atom. The molecule has 0 aromatic rings. The van der Waals surface area contributed by atoms with Crippen molar-refractivity contribution in [3.8, 4) is 0 Å². The molecule has 1 heterocycles. The quantitative estimate of drug-likeness (QED) is 0.679. The molecule has 0 aromatic carbocycles. The minimum Gasteiger partial charge on any atom is -0.481 e. The lowest BCUT2D eigenvalue weighted by molar-refractivity contribution is -0.143. The van der Waals surface area contributed by atoms with Gasteiger partial charge in [-0.15, -0.1) is 0 Å². The molecule has 2 aliphatic rings. The summed E-state index contributed by atoms with van der Waals surface area (Å²) < 4.78 is 0. The number of carbonyl (C=O) groups excluding carboxylic acids is 1. The minimum absolute atomic E-state index is 0.0300. The topological polar surface area (TPSA) is 81.7 Å². The first kappa shape index (κ1) is 15.3. The Balaban J connectivity index is 1.74. The van der Waals surface area contributed by atoms with Crippen LogP contribution in [0.3, 0.4) is 0 Å². The number of hydrogen-bond acceptors (Lipinski definition) is 4. The molecule has 6 heteroatoms. The van der Waals surface area contributed by atoms with Crippen LogP contribution in [0.15, 0.2) is 0 Å². The van der Waals surface area contributed by atoms with Crippen molar-refractivity contribution >= 4 is 11.9 Å². The molecular formula is C14H25N3O3. The van der Waals surface area contributed by atoms with Gasteiger partial charge in [-0.3, -0.25) is 14.5 Å². The third-order valence-corrected chi connectivity index (χ3v) is 4.19. The van der Waals surface area contributed by atoms with Crippen LogP contribution in [0.4, 0.5) is 0 Å². The summed E-state index contributed by atoms with van der Waals surface area (Å²) in [5.74, 6) is -0.998. The van der Waals surface area contributed by atoms with Gasteiger partial charge in [0.25, 0.3) is 0 Å². The van der Waals surface area contributed by atoms with Crippen molar-refractivity contribution < 1.29 is 14.7 Å². The Labute approximate surface area is 119 Å². The molecule has 0 radical (unpaired) electrons. The SMILES string of the molecule is O=C(CN1CCCNCC1)NC1CCCC(C(=O)O)C1. The number of nitrogens with zero attached hydrogens (tertiary/aromatic N) is 1. The molecule has 2 atom stereocenters. The molecule has 6 nitrogen and oxygen atoms in total. The van der Waals surface area contributed by atoms with E-state index in [9.17, 15) is 9.59 Å². The van der Waals surface area contributed by atoms with Gasteiger partial charge >= 0.3 is 5.97 Å². The summed E-state index contributed by atoms with van der Waals surface area (Å²) in [5.41, 5.74) is 0. The molecule has 0 aromatic heterocycles. The van der Waals surface area contributed by atoms with E-state index < -0.39 is 5.97 Å². The maximum Gasteiger partial charge on any atom is 0.306 e. The molecule has 0 spiro atoms. The van der Waals surface area contributed by atoms with Gasteiger partial charge in [-0.25, -0.2) is 0 Å². The van der Waals surface area contributed by atoms with E-state index in [-0.39, 0.29) is 17.9 Å². The third kappa shape index (κ3) is 4.76. The number of nitrogens with one attached hydrogen (secondary N) is 2. The molecule has 2 fully saturated rings. The Morgan fingerprint density at radius 1 is 1.20 bits per heavy atom. The molecule has 1 saturated carbocycles. The van der Waals surface area contributed by atoms with Crippen molar-refractivity contribution in [2.45, 2.75) is 38.1 Å². The van der Waals surface area contributed by atoms with Crippen LogP contribution in [0.2, 0.25) is 0 Å². The van der Waals surface area contributed by atoms with Gasteiger partial charge in [-0.2, -0.15) is 0 Å². The van der Waals surface area contributed by atoms with Crippen molar-refractivity contribution in [2.24, 2.45) is 5.92 Å². The van der Waals surface area contributed by atoms with E-state index >= 15 is 0 Å². The van der Waals surface area contributed by atoms with E-state index in [2.05, 4.69) is 15.5 Å². The van der Waals surface area contributed by atoms with Crippen molar-refractivity contribution in [3.05, 3.63) is 0 Å². The van der Waals surface area contributed by atoms with Crippen LogP contribution in [0.5, 0.6) is 0 Å². The lowest BCUT2D eigenvalue weighted by atomic mass is 9.86. The minimum atomic E-state index is -0.734.